The molecule has 0 radical (unpaired) electrons. The second-order valence-electron chi connectivity index (χ2n) is 2.25. The van der Waals surface area contributed by atoms with Crippen LogP contribution >= 0.6 is 34.4 Å². The molecule has 0 aromatic heterocycles. The largest absolute Gasteiger partial charge is 0.112 e. The summed E-state index contributed by atoms with van der Waals surface area (Å²) in [5, 5.41) is 0. The van der Waals surface area contributed by atoms with Crippen molar-refractivity contribution in [2.75, 3.05) is 0 Å². The van der Waals surface area contributed by atoms with Gasteiger partial charge in [0, 0.05) is 4.90 Å². The minimum Gasteiger partial charge on any atom is -0.112 e. The Kier molecular flexibility index (Phi) is 4.30. The maximum atomic E-state index is 2.47. The van der Waals surface area contributed by atoms with Crippen molar-refractivity contribution < 1.29 is 0 Å². The molecule has 1 aromatic rings. The molecule has 2 heteroatoms. The van der Waals surface area contributed by atoms with Gasteiger partial charge in [0.25, 0.3) is 0 Å². The summed E-state index contributed by atoms with van der Waals surface area (Å²) < 4.78 is 0.704. The maximum Gasteiger partial charge on any atom is 0.0609 e. The summed E-state index contributed by atoms with van der Waals surface area (Å²) in [6, 6.07) is 10.5. The fourth-order valence-electron chi connectivity index (χ4n) is 0.730. The minimum absolute atomic E-state index is 0.704. The first kappa shape index (κ1) is 9.39. The van der Waals surface area contributed by atoms with Crippen LogP contribution in [0.2, 0.25) is 0 Å². The van der Waals surface area contributed by atoms with Crippen LogP contribution in [0.1, 0.15) is 13.3 Å². The summed E-state index contributed by atoms with van der Waals surface area (Å²) in [5.74, 6) is 0. The van der Waals surface area contributed by atoms with E-state index < -0.39 is 0 Å². The molecule has 0 spiro atoms. The Morgan fingerprint density at radius 2 is 2.00 bits per heavy atom. The Hall–Kier alpha value is 0.300. The van der Waals surface area contributed by atoms with Gasteiger partial charge in [-0.3, -0.25) is 0 Å². The monoisotopic (exact) mass is 278 g/mol. The Balaban J connectivity index is 2.51. The number of halogens is 1. The standard InChI is InChI=1S/C9H11IS/c1-2-9(10)11-8-6-4-3-5-7-8/h3-7,9H,2H2,1H3. The van der Waals surface area contributed by atoms with Gasteiger partial charge in [-0.1, -0.05) is 47.7 Å². The zero-order chi connectivity index (χ0) is 8.10. The fourth-order valence-corrected chi connectivity index (χ4v) is 2.39. The van der Waals surface area contributed by atoms with Crippen molar-refractivity contribution >= 4 is 34.4 Å². The third-order valence-electron chi connectivity index (χ3n) is 1.33. The van der Waals surface area contributed by atoms with Crippen LogP contribution in [-0.2, 0) is 0 Å². The van der Waals surface area contributed by atoms with Crippen molar-refractivity contribution in [2.45, 2.75) is 21.5 Å². The number of rotatable bonds is 3. The Morgan fingerprint density at radius 3 is 2.55 bits per heavy atom. The average molecular weight is 278 g/mol. The third kappa shape index (κ3) is 3.47. The van der Waals surface area contributed by atoms with Crippen molar-refractivity contribution in [1.82, 2.24) is 0 Å². The van der Waals surface area contributed by atoms with Crippen LogP contribution in [0.3, 0.4) is 0 Å². The molecule has 0 aliphatic heterocycles. The lowest BCUT2D eigenvalue weighted by atomic mass is 10.4. The highest BCUT2D eigenvalue weighted by Crippen LogP contribution is 2.28. The highest BCUT2D eigenvalue weighted by atomic mass is 127. The Bertz CT molecular complexity index is 198. The Labute approximate surface area is 85.9 Å². The smallest absolute Gasteiger partial charge is 0.0609 e. The molecule has 0 bridgehead atoms. The molecule has 0 saturated heterocycles. The molecule has 1 atom stereocenters. The van der Waals surface area contributed by atoms with Crippen molar-refractivity contribution in [1.29, 1.82) is 0 Å². The second kappa shape index (κ2) is 5.04. The number of hydrogen-bond donors (Lipinski definition) is 0. The zero-order valence-electron chi connectivity index (χ0n) is 6.46. The predicted octanol–water partition coefficient (Wildman–Crippen LogP) is 3.95. The molecule has 60 valence electrons. The molecular weight excluding hydrogens is 267 g/mol. The molecule has 0 N–H and O–H groups in total. The average Bonchev–Trinajstić information content (AvgIpc) is 2.06. The third-order valence-corrected chi connectivity index (χ3v) is 4.11. The molecule has 1 rings (SSSR count). The van der Waals surface area contributed by atoms with E-state index in [1.165, 1.54) is 11.3 Å². The van der Waals surface area contributed by atoms with E-state index in [4.69, 9.17) is 0 Å². The van der Waals surface area contributed by atoms with Gasteiger partial charge in [-0.25, -0.2) is 0 Å². The molecule has 1 unspecified atom stereocenters. The molecule has 0 fully saturated rings. The Morgan fingerprint density at radius 1 is 1.36 bits per heavy atom. The molecule has 0 aliphatic rings. The lowest BCUT2D eigenvalue weighted by molar-refractivity contribution is 1.08. The summed E-state index contributed by atoms with van der Waals surface area (Å²) in [5.41, 5.74) is 0. The van der Waals surface area contributed by atoms with E-state index in [2.05, 4.69) is 59.8 Å². The number of benzene rings is 1. The van der Waals surface area contributed by atoms with E-state index in [9.17, 15) is 0 Å². The van der Waals surface area contributed by atoms with Gasteiger partial charge in [0.1, 0.15) is 0 Å². The quantitative estimate of drug-likeness (QED) is 0.458. The number of thioether (sulfide) groups is 1. The van der Waals surface area contributed by atoms with E-state index in [1.807, 2.05) is 11.8 Å². The first-order valence-electron chi connectivity index (χ1n) is 3.68. The van der Waals surface area contributed by atoms with E-state index in [-0.39, 0.29) is 0 Å². The van der Waals surface area contributed by atoms with Crippen LogP contribution in [0.5, 0.6) is 0 Å². The second-order valence-corrected chi connectivity index (χ2v) is 5.87. The summed E-state index contributed by atoms with van der Waals surface area (Å²) >= 11 is 4.40. The summed E-state index contributed by atoms with van der Waals surface area (Å²) in [4.78, 5) is 1.37. The topological polar surface area (TPSA) is 0 Å². The molecule has 0 aliphatic carbocycles. The molecule has 0 saturated carbocycles. The highest BCUT2D eigenvalue weighted by molar-refractivity contribution is 14.1. The first-order chi connectivity index (χ1) is 5.33. The summed E-state index contributed by atoms with van der Waals surface area (Å²) in [6.07, 6.45) is 1.22. The van der Waals surface area contributed by atoms with Crippen LogP contribution < -0.4 is 0 Å². The van der Waals surface area contributed by atoms with Crippen LogP contribution in [0.15, 0.2) is 35.2 Å². The van der Waals surface area contributed by atoms with Gasteiger partial charge in [0.05, 0.1) is 3.26 Å². The van der Waals surface area contributed by atoms with E-state index in [0.29, 0.717) is 3.26 Å². The van der Waals surface area contributed by atoms with E-state index in [0.717, 1.165) is 0 Å². The SMILES string of the molecule is CCC(I)Sc1ccccc1. The van der Waals surface area contributed by atoms with Gasteiger partial charge in [-0.05, 0) is 18.6 Å². The lowest BCUT2D eigenvalue weighted by Crippen LogP contribution is -1.85. The van der Waals surface area contributed by atoms with Gasteiger partial charge in [0.15, 0.2) is 0 Å². The van der Waals surface area contributed by atoms with Gasteiger partial charge in [-0.2, -0.15) is 0 Å². The van der Waals surface area contributed by atoms with Gasteiger partial charge < -0.3 is 0 Å². The van der Waals surface area contributed by atoms with Crippen LogP contribution in [0, 0.1) is 0 Å². The molecule has 0 heterocycles. The first-order valence-corrected chi connectivity index (χ1v) is 5.81. The summed E-state index contributed by atoms with van der Waals surface area (Å²) in [7, 11) is 0. The van der Waals surface area contributed by atoms with Gasteiger partial charge in [-0.15, -0.1) is 11.8 Å². The molecule has 0 amide bonds. The van der Waals surface area contributed by atoms with Crippen molar-refractivity contribution in [3.05, 3.63) is 30.3 Å². The van der Waals surface area contributed by atoms with Gasteiger partial charge >= 0.3 is 0 Å². The lowest BCUT2D eigenvalue weighted by Gasteiger charge is -2.04. The zero-order valence-corrected chi connectivity index (χ0v) is 9.43. The van der Waals surface area contributed by atoms with Crippen molar-refractivity contribution in [3.63, 3.8) is 0 Å². The molecule has 1 aromatic carbocycles. The maximum absolute atomic E-state index is 2.47. The van der Waals surface area contributed by atoms with Gasteiger partial charge in [0.2, 0.25) is 0 Å². The van der Waals surface area contributed by atoms with Crippen LogP contribution in [0.25, 0.3) is 0 Å². The van der Waals surface area contributed by atoms with Crippen molar-refractivity contribution in [3.8, 4) is 0 Å². The van der Waals surface area contributed by atoms with Crippen LogP contribution in [-0.4, -0.2) is 3.26 Å². The fraction of sp³-hybridized carbons (Fsp3) is 0.333. The van der Waals surface area contributed by atoms with E-state index in [1.54, 1.807) is 0 Å². The minimum atomic E-state index is 0.704. The number of alkyl halides is 1. The van der Waals surface area contributed by atoms with E-state index >= 15 is 0 Å². The number of hydrogen-bond acceptors (Lipinski definition) is 1. The summed E-state index contributed by atoms with van der Waals surface area (Å²) in [6.45, 7) is 2.22. The molecule has 11 heavy (non-hydrogen) atoms. The normalized spacial score (nSPS) is 12.9. The molecular formula is C9H11IS. The predicted molar refractivity (Wildman–Crippen MR) is 60.4 cm³/mol. The highest BCUT2D eigenvalue weighted by Gasteiger charge is 2.00. The van der Waals surface area contributed by atoms with Crippen molar-refractivity contribution in [2.24, 2.45) is 0 Å². The molecule has 0 nitrogen and oxygen atoms in total. The van der Waals surface area contributed by atoms with Crippen LogP contribution in [0.4, 0.5) is 0 Å².